The van der Waals surface area contributed by atoms with E-state index in [0.29, 0.717) is 71.0 Å². The van der Waals surface area contributed by atoms with E-state index in [9.17, 15) is 17.6 Å². The van der Waals surface area contributed by atoms with Crippen molar-refractivity contribution in [2.75, 3.05) is 85.1 Å². The molecule has 4 rings (SSSR count). The van der Waals surface area contributed by atoms with Crippen molar-refractivity contribution < 1.29 is 22.7 Å². The summed E-state index contributed by atoms with van der Waals surface area (Å²) in [5.74, 6) is 0. The van der Waals surface area contributed by atoms with Crippen molar-refractivity contribution in [2.45, 2.75) is 76.1 Å². The van der Waals surface area contributed by atoms with Crippen LogP contribution in [0.4, 0.5) is 17.6 Å². The molecule has 0 unspecified atom stereocenters. The van der Waals surface area contributed by atoms with E-state index < -0.39 is 24.7 Å². The van der Waals surface area contributed by atoms with Gasteiger partial charge in [-0.1, -0.05) is 0 Å². The number of alkyl halides is 4. The van der Waals surface area contributed by atoms with Gasteiger partial charge >= 0.3 is 0 Å². The van der Waals surface area contributed by atoms with Gasteiger partial charge in [-0.3, -0.25) is 9.80 Å². The SMILES string of the molecule is FC1CCNCC1.N#CCN1CCC(F)CC1.N#CCN1CCC(F)CC1.N#CCO.NCCN1CCC(F)CC1. The summed E-state index contributed by atoms with van der Waals surface area (Å²) in [5.41, 5.74) is 5.36. The molecule has 4 fully saturated rings. The van der Waals surface area contributed by atoms with E-state index in [1.807, 2.05) is 9.80 Å². The van der Waals surface area contributed by atoms with Crippen molar-refractivity contribution in [3.63, 3.8) is 0 Å². The Morgan fingerprint density at radius 3 is 1.17 bits per heavy atom. The second kappa shape index (κ2) is 26.8. The van der Waals surface area contributed by atoms with Crippen molar-refractivity contribution in [3.05, 3.63) is 0 Å². The maximum absolute atomic E-state index is 12.5. The van der Waals surface area contributed by atoms with E-state index in [0.717, 1.165) is 58.9 Å². The number of aliphatic hydroxyl groups excluding tert-OH is 1. The van der Waals surface area contributed by atoms with Crippen LogP contribution in [0.1, 0.15) is 51.4 Å². The number of nitrogens with zero attached hydrogens (tertiary/aromatic N) is 6. The number of aliphatic hydroxyl groups is 1. The number of piperidine rings is 4. The first-order valence-electron chi connectivity index (χ1n) is 14.6. The Hall–Kier alpha value is -2.05. The van der Waals surface area contributed by atoms with Crippen molar-refractivity contribution >= 4 is 0 Å². The molecule has 0 aromatic rings. The lowest BCUT2D eigenvalue weighted by Gasteiger charge is -2.27. The topological polar surface area (TPSA) is 139 Å². The fourth-order valence-corrected chi connectivity index (χ4v) is 4.41. The van der Waals surface area contributed by atoms with Gasteiger partial charge in [0.05, 0.1) is 31.3 Å². The predicted octanol–water partition coefficient (Wildman–Crippen LogP) is 2.48. The summed E-state index contributed by atoms with van der Waals surface area (Å²) in [7, 11) is 0. The summed E-state index contributed by atoms with van der Waals surface area (Å²) < 4.78 is 49.7. The Bertz CT molecular complexity index is 684. The van der Waals surface area contributed by atoms with Crippen LogP contribution in [0.2, 0.25) is 0 Å². The van der Waals surface area contributed by atoms with Crippen LogP contribution in [-0.4, -0.2) is 130 Å². The first kappa shape index (κ1) is 39.0. The van der Waals surface area contributed by atoms with Gasteiger partial charge in [0.15, 0.2) is 0 Å². The zero-order valence-corrected chi connectivity index (χ0v) is 24.4. The molecular weight excluding hydrogens is 540 g/mol. The predicted molar refractivity (Wildman–Crippen MR) is 152 cm³/mol. The second-order valence-electron chi connectivity index (χ2n) is 10.3. The zero-order valence-electron chi connectivity index (χ0n) is 24.4. The van der Waals surface area contributed by atoms with E-state index in [2.05, 4.69) is 22.4 Å². The first-order valence-corrected chi connectivity index (χ1v) is 14.6. The molecule has 4 saturated heterocycles. The third-order valence-electron chi connectivity index (χ3n) is 6.92. The van der Waals surface area contributed by atoms with Crippen LogP contribution < -0.4 is 11.1 Å². The van der Waals surface area contributed by atoms with E-state index >= 15 is 0 Å². The summed E-state index contributed by atoms with van der Waals surface area (Å²) >= 11 is 0. The van der Waals surface area contributed by atoms with Gasteiger partial charge in [-0.2, -0.15) is 15.8 Å². The van der Waals surface area contributed by atoms with Crippen molar-refractivity contribution in [1.82, 2.24) is 20.0 Å². The Kier molecular flexibility index (Phi) is 25.5. The van der Waals surface area contributed by atoms with Crippen molar-refractivity contribution in [3.8, 4) is 18.2 Å². The lowest BCUT2D eigenvalue weighted by molar-refractivity contribution is 0.154. The molecule has 0 aliphatic carbocycles. The van der Waals surface area contributed by atoms with Crippen LogP contribution in [0.15, 0.2) is 0 Å². The normalized spacial score (nSPS) is 21.4. The van der Waals surface area contributed by atoms with Crippen LogP contribution in [0, 0.1) is 34.0 Å². The van der Waals surface area contributed by atoms with Gasteiger partial charge < -0.3 is 21.1 Å². The molecule has 41 heavy (non-hydrogen) atoms. The van der Waals surface area contributed by atoms with Crippen LogP contribution in [-0.2, 0) is 0 Å². The Balaban J connectivity index is 0.000000502. The van der Waals surface area contributed by atoms with Gasteiger partial charge in [-0.15, -0.1) is 0 Å². The minimum absolute atomic E-state index is 0.375. The number of rotatable bonds is 4. The fourth-order valence-electron chi connectivity index (χ4n) is 4.41. The zero-order chi connectivity index (χ0) is 30.7. The van der Waals surface area contributed by atoms with Crippen molar-refractivity contribution in [2.24, 2.45) is 5.73 Å². The molecule has 0 amide bonds. The highest BCUT2D eigenvalue weighted by Gasteiger charge is 2.18. The summed E-state index contributed by atoms with van der Waals surface area (Å²) in [6.45, 7) is 8.62. The molecule has 0 atom stereocenters. The minimum Gasteiger partial charge on any atom is -0.381 e. The quantitative estimate of drug-likeness (QED) is 0.256. The van der Waals surface area contributed by atoms with Gasteiger partial charge in [0.1, 0.15) is 31.3 Å². The lowest BCUT2D eigenvalue weighted by atomic mass is 10.1. The minimum atomic E-state index is -0.630. The summed E-state index contributed by atoms with van der Waals surface area (Å²) in [6, 6.07) is 5.60. The number of nitriles is 3. The molecule has 0 bridgehead atoms. The average Bonchev–Trinajstić information content (AvgIpc) is 2.99. The molecule has 4 aliphatic heterocycles. The second-order valence-corrected chi connectivity index (χ2v) is 10.3. The molecular formula is C28H50F4N8O. The summed E-state index contributed by atoms with van der Waals surface area (Å²) in [6.07, 6.45) is 2.85. The average molecular weight is 591 g/mol. The van der Waals surface area contributed by atoms with Crippen molar-refractivity contribution in [1.29, 1.82) is 15.8 Å². The molecule has 0 spiro atoms. The molecule has 0 radical (unpaired) electrons. The summed E-state index contributed by atoms with van der Waals surface area (Å²) in [4.78, 5) is 6.18. The lowest BCUT2D eigenvalue weighted by Crippen LogP contribution is -2.37. The highest BCUT2D eigenvalue weighted by Crippen LogP contribution is 2.13. The summed E-state index contributed by atoms with van der Waals surface area (Å²) in [5, 5.41) is 34.6. The largest absolute Gasteiger partial charge is 0.381 e. The monoisotopic (exact) mass is 590 g/mol. The maximum Gasteiger partial charge on any atom is 0.130 e. The smallest absolute Gasteiger partial charge is 0.130 e. The number of likely N-dealkylation sites (tertiary alicyclic amines) is 3. The van der Waals surface area contributed by atoms with E-state index in [1.54, 1.807) is 0 Å². The number of nitrogens with one attached hydrogen (secondary N) is 1. The molecule has 4 aliphatic rings. The molecule has 9 nitrogen and oxygen atoms in total. The molecule has 4 heterocycles. The van der Waals surface area contributed by atoms with E-state index in [1.165, 1.54) is 6.07 Å². The number of hydrogen-bond acceptors (Lipinski definition) is 9. The Morgan fingerprint density at radius 1 is 0.610 bits per heavy atom. The number of nitrogens with two attached hydrogens (primary N) is 1. The van der Waals surface area contributed by atoms with Gasteiger partial charge in [-0.05, 0) is 64.5 Å². The highest BCUT2D eigenvalue weighted by atomic mass is 19.1. The molecule has 236 valence electrons. The van der Waals surface area contributed by atoms with Gasteiger partial charge in [-0.25, -0.2) is 17.6 Å². The highest BCUT2D eigenvalue weighted by molar-refractivity contribution is 4.81. The third-order valence-corrected chi connectivity index (χ3v) is 6.92. The Morgan fingerprint density at radius 2 is 0.927 bits per heavy atom. The van der Waals surface area contributed by atoms with Gasteiger partial charge in [0.2, 0.25) is 0 Å². The first-order chi connectivity index (χ1) is 19.8. The maximum atomic E-state index is 12.5. The van der Waals surface area contributed by atoms with Crippen LogP contribution >= 0.6 is 0 Å². The third kappa shape index (κ3) is 23.2. The van der Waals surface area contributed by atoms with Crippen LogP contribution in [0.5, 0.6) is 0 Å². The van der Waals surface area contributed by atoms with Crippen LogP contribution in [0.3, 0.4) is 0 Å². The van der Waals surface area contributed by atoms with Gasteiger partial charge in [0.25, 0.3) is 0 Å². The van der Waals surface area contributed by atoms with Gasteiger partial charge in [0, 0.05) is 52.4 Å². The molecule has 0 aromatic heterocycles. The molecule has 4 N–H and O–H groups in total. The van der Waals surface area contributed by atoms with E-state index in [4.69, 9.17) is 26.6 Å². The fraction of sp³-hybridized carbons (Fsp3) is 0.893. The number of hydrogen-bond donors (Lipinski definition) is 3. The number of halogens is 4. The molecule has 0 aromatic carbocycles. The van der Waals surface area contributed by atoms with Crippen LogP contribution in [0.25, 0.3) is 0 Å². The molecule has 0 saturated carbocycles. The van der Waals surface area contributed by atoms with E-state index in [-0.39, 0.29) is 6.61 Å². The molecule has 13 heteroatoms. The standard InChI is InChI=1S/C7H15FN2.2C7H11FN2.C5H10FN.C2H3NO/c3*8-7-1-4-10(5-2-7)6-3-9;6-5-1-3-7-4-2-5;3-1-2-4/h7H,1-6,9H2;2*7H,1-2,4-6H2;5,7H,1-4H2;4H,2H2. The Labute approximate surface area is 243 Å².